The van der Waals surface area contributed by atoms with Crippen LogP contribution in [0.25, 0.3) is 0 Å². The summed E-state index contributed by atoms with van der Waals surface area (Å²) in [5.74, 6) is 0.794. The van der Waals surface area contributed by atoms with Gasteiger partial charge in [0.1, 0.15) is 0 Å². The summed E-state index contributed by atoms with van der Waals surface area (Å²) in [7, 11) is 0. The van der Waals surface area contributed by atoms with Crippen molar-refractivity contribution in [2.75, 3.05) is 0 Å². The van der Waals surface area contributed by atoms with E-state index in [2.05, 4.69) is 19.2 Å². The third kappa shape index (κ3) is 2.01. The van der Waals surface area contributed by atoms with Crippen molar-refractivity contribution >= 4 is 5.91 Å². The fourth-order valence-corrected chi connectivity index (χ4v) is 1.36. The van der Waals surface area contributed by atoms with E-state index in [-0.39, 0.29) is 5.91 Å². The van der Waals surface area contributed by atoms with E-state index in [1.54, 1.807) is 0 Å². The molecular formula is C8H15NO. The zero-order valence-electron chi connectivity index (χ0n) is 6.68. The van der Waals surface area contributed by atoms with Crippen LogP contribution in [0.3, 0.4) is 0 Å². The Morgan fingerprint density at radius 3 is 2.80 bits per heavy atom. The number of amides is 1. The highest BCUT2D eigenvalue weighted by Gasteiger charge is 2.16. The Kier molecular flexibility index (Phi) is 2.30. The second-order valence-electron chi connectivity index (χ2n) is 3.36. The first kappa shape index (κ1) is 7.58. The molecule has 1 N–H and O–H groups in total. The number of nitrogens with one attached hydrogen (secondary N) is 1. The molecule has 2 unspecified atom stereocenters. The third-order valence-corrected chi connectivity index (χ3v) is 2.03. The third-order valence-electron chi connectivity index (χ3n) is 2.03. The van der Waals surface area contributed by atoms with Gasteiger partial charge in [-0.2, -0.15) is 0 Å². The number of hydrogen-bond acceptors (Lipinski definition) is 1. The summed E-state index contributed by atoms with van der Waals surface area (Å²) in [5, 5.41) is 2.93. The van der Waals surface area contributed by atoms with Crippen LogP contribution < -0.4 is 5.32 Å². The summed E-state index contributed by atoms with van der Waals surface area (Å²) in [6, 6.07) is 0.387. The smallest absolute Gasteiger partial charge is 0.220 e. The Morgan fingerprint density at radius 2 is 2.10 bits per heavy atom. The molecule has 1 saturated heterocycles. The molecule has 1 rings (SSSR count). The molecule has 0 bridgehead atoms. The monoisotopic (exact) mass is 141 g/mol. The second kappa shape index (κ2) is 3.04. The average molecular weight is 141 g/mol. The van der Waals surface area contributed by atoms with Gasteiger partial charge in [0.05, 0.1) is 0 Å². The lowest BCUT2D eigenvalue weighted by atomic mass is 10.0. The van der Waals surface area contributed by atoms with E-state index >= 15 is 0 Å². The van der Waals surface area contributed by atoms with E-state index in [0.29, 0.717) is 18.4 Å². The van der Waals surface area contributed by atoms with Crippen molar-refractivity contribution < 1.29 is 4.79 Å². The van der Waals surface area contributed by atoms with Gasteiger partial charge in [-0.15, -0.1) is 0 Å². The lowest BCUT2D eigenvalue weighted by Crippen LogP contribution is -2.30. The van der Waals surface area contributed by atoms with Gasteiger partial charge in [-0.3, -0.25) is 4.79 Å². The van der Waals surface area contributed by atoms with Gasteiger partial charge in [-0.25, -0.2) is 0 Å². The van der Waals surface area contributed by atoms with E-state index in [1.807, 2.05) is 0 Å². The molecule has 1 heterocycles. The number of rotatable bonds is 0. The Hall–Kier alpha value is -0.530. The molecule has 0 spiro atoms. The van der Waals surface area contributed by atoms with E-state index < -0.39 is 0 Å². The highest BCUT2D eigenvalue weighted by Crippen LogP contribution is 2.15. The van der Waals surface area contributed by atoms with Crippen molar-refractivity contribution in [1.82, 2.24) is 5.32 Å². The normalized spacial score (nSPS) is 34.8. The molecule has 1 aliphatic rings. The van der Waals surface area contributed by atoms with Gasteiger partial charge in [0, 0.05) is 12.5 Å². The molecule has 2 heteroatoms. The van der Waals surface area contributed by atoms with Crippen molar-refractivity contribution in [3.8, 4) is 0 Å². The first-order chi connectivity index (χ1) is 4.68. The van der Waals surface area contributed by atoms with Crippen LogP contribution in [-0.4, -0.2) is 11.9 Å². The van der Waals surface area contributed by atoms with Crippen LogP contribution in [0.2, 0.25) is 0 Å². The van der Waals surface area contributed by atoms with E-state index in [9.17, 15) is 4.79 Å². The Morgan fingerprint density at radius 1 is 1.40 bits per heavy atom. The van der Waals surface area contributed by atoms with Crippen LogP contribution in [0, 0.1) is 5.92 Å². The minimum absolute atomic E-state index is 0.220. The molecule has 1 amide bonds. The predicted molar refractivity (Wildman–Crippen MR) is 40.6 cm³/mol. The van der Waals surface area contributed by atoms with E-state index in [1.165, 1.54) is 6.42 Å². The summed E-state index contributed by atoms with van der Waals surface area (Å²) < 4.78 is 0. The van der Waals surface area contributed by atoms with Crippen molar-refractivity contribution in [2.24, 2.45) is 5.92 Å². The topological polar surface area (TPSA) is 29.1 Å². The lowest BCUT2D eigenvalue weighted by Gasteiger charge is -2.07. The van der Waals surface area contributed by atoms with Crippen molar-refractivity contribution in [2.45, 2.75) is 39.2 Å². The molecule has 0 aromatic heterocycles. The molecule has 0 radical (unpaired) electrons. The summed E-state index contributed by atoms with van der Waals surface area (Å²) in [6.07, 6.45) is 3.02. The summed E-state index contributed by atoms with van der Waals surface area (Å²) >= 11 is 0. The van der Waals surface area contributed by atoms with Crippen molar-refractivity contribution in [3.63, 3.8) is 0 Å². The Labute approximate surface area is 62.0 Å². The molecule has 0 aromatic carbocycles. The molecule has 0 saturated carbocycles. The van der Waals surface area contributed by atoms with E-state index in [0.717, 1.165) is 6.42 Å². The SMILES string of the molecule is CC1CCC(C)NC(=O)C1. The zero-order chi connectivity index (χ0) is 7.56. The van der Waals surface area contributed by atoms with Gasteiger partial charge >= 0.3 is 0 Å². The maximum absolute atomic E-state index is 11.0. The van der Waals surface area contributed by atoms with Gasteiger partial charge < -0.3 is 5.32 Å². The van der Waals surface area contributed by atoms with Crippen LogP contribution in [0.1, 0.15) is 33.1 Å². The molecule has 1 aliphatic heterocycles. The predicted octanol–water partition coefficient (Wildman–Crippen LogP) is 1.31. The Bertz CT molecular complexity index is 119. The van der Waals surface area contributed by atoms with Gasteiger partial charge in [-0.05, 0) is 25.7 Å². The number of carbonyl (C=O) groups excluding carboxylic acids is 1. The maximum atomic E-state index is 11.0. The van der Waals surface area contributed by atoms with Crippen LogP contribution >= 0.6 is 0 Å². The highest BCUT2D eigenvalue weighted by atomic mass is 16.1. The zero-order valence-corrected chi connectivity index (χ0v) is 6.68. The molecule has 0 aliphatic carbocycles. The molecule has 2 nitrogen and oxygen atoms in total. The van der Waals surface area contributed by atoms with Crippen LogP contribution in [-0.2, 0) is 4.79 Å². The van der Waals surface area contributed by atoms with Crippen LogP contribution in [0.5, 0.6) is 0 Å². The summed E-state index contributed by atoms with van der Waals surface area (Å²) in [5.41, 5.74) is 0. The molecule has 10 heavy (non-hydrogen) atoms. The molecule has 1 fully saturated rings. The van der Waals surface area contributed by atoms with Gasteiger partial charge in [-0.1, -0.05) is 6.92 Å². The molecular weight excluding hydrogens is 126 g/mol. The van der Waals surface area contributed by atoms with Crippen molar-refractivity contribution in [1.29, 1.82) is 0 Å². The largest absolute Gasteiger partial charge is 0.354 e. The Balaban J connectivity index is 2.46. The minimum Gasteiger partial charge on any atom is -0.354 e. The van der Waals surface area contributed by atoms with E-state index in [4.69, 9.17) is 0 Å². The van der Waals surface area contributed by atoms with Crippen LogP contribution in [0.4, 0.5) is 0 Å². The number of carbonyl (C=O) groups is 1. The quantitative estimate of drug-likeness (QED) is 0.541. The highest BCUT2D eigenvalue weighted by molar-refractivity contribution is 5.76. The van der Waals surface area contributed by atoms with Crippen molar-refractivity contribution in [3.05, 3.63) is 0 Å². The lowest BCUT2D eigenvalue weighted by molar-refractivity contribution is -0.121. The van der Waals surface area contributed by atoms with Crippen LogP contribution in [0.15, 0.2) is 0 Å². The first-order valence-corrected chi connectivity index (χ1v) is 3.98. The molecule has 2 atom stereocenters. The fourth-order valence-electron chi connectivity index (χ4n) is 1.36. The minimum atomic E-state index is 0.220. The first-order valence-electron chi connectivity index (χ1n) is 3.98. The number of hydrogen-bond donors (Lipinski definition) is 1. The van der Waals surface area contributed by atoms with Gasteiger partial charge in [0.2, 0.25) is 5.91 Å². The second-order valence-corrected chi connectivity index (χ2v) is 3.36. The standard InChI is InChI=1S/C8H15NO/c1-6-3-4-7(2)9-8(10)5-6/h6-7H,3-5H2,1-2H3,(H,9,10). The maximum Gasteiger partial charge on any atom is 0.220 e. The van der Waals surface area contributed by atoms with Gasteiger partial charge in [0.15, 0.2) is 0 Å². The summed E-state index contributed by atoms with van der Waals surface area (Å²) in [6.45, 7) is 4.20. The summed E-state index contributed by atoms with van der Waals surface area (Å²) in [4.78, 5) is 11.0. The fraction of sp³-hybridized carbons (Fsp3) is 0.875. The molecule has 58 valence electrons. The molecule has 0 aromatic rings. The van der Waals surface area contributed by atoms with Gasteiger partial charge in [0.25, 0.3) is 0 Å². The average Bonchev–Trinajstić information content (AvgIpc) is 1.93.